The summed E-state index contributed by atoms with van der Waals surface area (Å²) in [6, 6.07) is 0. The molecule has 6 heterocycles. The van der Waals surface area contributed by atoms with E-state index in [1.165, 1.54) is 0 Å². The molecule has 6 aromatic rings. The molecule has 0 aliphatic heterocycles. The zero-order valence-electron chi connectivity index (χ0n) is 19.5. The minimum Gasteiger partial charge on any atom is -1.00 e. The van der Waals surface area contributed by atoms with Gasteiger partial charge in [0.15, 0.2) is 0 Å². The van der Waals surface area contributed by atoms with E-state index in [1.54, 1.807) is 112 Å². The molecule has 0 aliphatic carbocycles. The molecule has 0 radical (unpaired) electrons. The third-order valence-electron chi connectivity index (χ3n) is 2.44. The van der Waals surface area contributed by atoms with Crippen molar-refractivity contribution in [1.29, 1.82) is 0 Å². The first kappa shape index (κ1) is 50.2. The van der Waals surface area contributed by atoms with Gasteiger partial charge in [-0.25, -0.2) is 29.9 Å². The van der Waals surface area contributed by atoms with Crippen LogP contribution in [-0.2, 0) is 19.5 Å². The van der Waals surface area contributed by atoms with Crippen molar-refractivity contribution >= 4 is 0 Å². The summed E-state index contributed by atoms with van der Waals surface area (Å²) in [5.74, 6) is 0. The van der Waals surface area contributed by atoms with Crippen molar-refractivity contribution in [3.05, 3.63) is 112 Å². The first-order valence-corrected chi connectivity index (χ1v) is 8.56. The summed E-state index contributed by atoms with van der Waals surface area (Å²) >= 11 is 0. The van der Waals surface area contributed by atoms with E-state index < -0.39 is 0 Å². The summed E-state index contributed by atoms with van der Waals surface area (Å²) in [7, 11) is 0. The van der Waals surface area contributed by atoms with Crippen molar-refractivity contribution in [2.75, 3.05) is 0 Å². The Balaban J connectivity index is -0.0000000562. The molecule has 0 fully saturated rings. The van der Waals surface area contributed by atoms with Crippen LogP contribution in [0.5, 0.6) is 0 Å². The van der Waals surface area contributed by atoms with Crippen LogP contribution in [0.25, 0.3) is 0 Å². The van der Waals surface area contributed by atoms with Gasteiger partial charge in [0.05, 0.1) is 38.0 Å². The molecule has 0 amide bonds. The van der Waals surface area contributed by atoms with E-state index in [9.17, 15) is 0 Å². The molecule has 0 aliphatic rings. The van der Waals surface area contributed by atoms with E-state index in [-0.39, 0.29) is 66.2 Å². The van der Waals surface area contributed by atoms with Crippen molar-refractivity contribution in [2.24, 2.45) is 0 Å². The quantitative estimate of drug-likeness (QED) is 0.0900. The molecule has 16 nitrogen and oxygen atoms in total. The van der Waals surface area contributed by atoms with Crippen LogP contribution in [0.15, 0.2) is 112 Å². The fraction of sp³-hybridized carbons (Fsp3) is 0. The van der Waals surface area contributed by atoms with Crippen LogP contribution in [0.1, 0.15) is 0 Å². The van der Waals surface area contributed by atoms with Crippen molar-refractivity contribution in [3.8, 4) is 0 Å². The van der Waals surface area contributed by atoms with Crippen molar-refractivity contribution in [1.82, 2.24) is 59.8 Å². The second kappa shape index (κ2) is 45.8. The van der Waals surface area contributed by atoms with Crippen molar-refractivity contribution in [2.45, 2.75) is 0 Å². The van der Waals surface area contributed by atoms with Gasteiger partial charge >= 0.3 is 19.5 Å². The fourth-order valence-corrected chi connectivity index (χ4v) is 1.29. The summed E-state index contributed by atoms with van der Waals surface area (Å²) in [6.07, 6.45) is 30.5. The molecule has 37 heavy (non-hydrogen) atoms. The molecule has 14 N–H and O–H groups in total. The predicted octanol–water partition coefficient (Wildman–Crippen LogP) is -6.84. The summed E-state index contributed by atoms with van der Waals surface area (Å²) in [6.45, 7) is 0. The summed E-state index contributed by atoms with van der Waals surface area (Å²) in [4.78, 5) is 38.5. The maximum absolute atomic E-state index is 3.67. The van der Waals surface area contributed by atoms with Crippen LogP contribution in [0.2, 0.25) is 0 Å². The van der Waals surface area contributed by atoms with Crippen LogP contribution in [0.3, 0.4) is 0 Å². The number of hydrogen-bond acceptors (Lipinski definition) is 6. The Kier molecular flexibility index (Phi) is 62.1. The molecule has 0 saturated carbocycles. The number of nitrogens with one attached hydrogen (secondary N) is 6. The Labute approximate surface area is 237 Å². The van der Waals surface area contributed by atoms with Gasteiger partial charge in [0, 0.05) is 74.4 Å². The van der Waals surface area contributed by atoms with E-state index >= 15 is 0 Å². The Morgan fingerprint density at radius 3 is 0.459 bits per heavy atom. The molecule has 204 valence electrons. The number of hydrogen-bond donors (Lipinski definition) is 6. The second-order valence-electron chi connectivity index (χ2n) is 4.56. The Bertz CT molecular complexity index is 607. The van der Waals surface area contributed by atoms with Crippen LogP contribution in [0.4, 0.5) is 0 Å². The number of imidazole rings is 6. The maximum Gasteiger partial charge on any atom is 2.00 e. The van der Waals surface area contributed by atoms with E-state index in [0.717, 1.165) is 0 Å². The predicted molar refractivity (Wildman–Crippen MR) is 126 cm³/mol. The minimum absolute atomic E-state index is 0. The minimum atomic E-state index is 0. The molecular weight excluding hydrogens is 585 g/mol. The van der Waals surface area contributed by atoms with Gasteiger partial charge in [-0.1, -0.05) is 0 Å². The smallest absolute Gasteiger partial charge is 1.00 e. The van der Waals surface area contributed by atoms with Crippen LogP contribution in [0, 0.1) is 0 Å². The van der Waals surface area contributed by atoms with E-state index in [1.807, 2.05) is 0 Å². The molecular formula is C18H32Cl2N12O4Zn. The van der Waals surface area contributed by atoms with Gasteiger partial charge in [-0.05, 0) is 0 Å². The molecule has 0 bridgehead atoms. The van der Waals surface area contributed by atoms with Gasteiger partial charge in [0.1, 0.15) is 0 Å². The van der Waals surface area contributed by atoms with Gasteiger partial charge in [-0.2, -0.15) is 0 Å². The summed E-state index contributed by atoms with van der Waals surface area (Å²) in [5, 5.41) is 0. The van der Waals surface area contributed by atoms with Gasteiger partial charge in [-0.15, -0.1) is 0 Å². The van der Waals surface area contributed by atoms with Crippen molar-refractivity contribution < 1.29 is 66.2 Å². The maximum atomic E-state index is 3.67. The van der Waals surface area contributed by atoms with Gasteiger partial charge in [0.2, 0.25) is 0 Å². The number of rotatable bonds is 0. The number of H-pyrrole nitrogens is 6. The summed E-state index contributed by atoms with van der Waals surface area (Å²) in [5.41, 5.74) is 0. The first-order chi connectivity index (χ1) is 15.0. The Morgan fingerprint density at radius 2 is 0.432 bits per heavy atom. The Morgan fingerprint density at radius 1 is 0.297 bits per heavy atom. The number of aromatic amines is 6. The average Bonchev–Trinajstić information content (AvgIpc) is 3.69. The molecule has 0 atom stereocenters. The molecule has 0 saturated heterocycles. The largest absolute Gasteiger partial charge is 2.00 e. The second-order valence-corrected chi connectivity index (χ2v) is 4.56. The topological polar surface area (TPSA) is 298 Å². The molecule has 0 spiro atoms. The molecule has 0 unspecified atom stereocenters. The third-order valence-corrected chi connectivity index (χ3v) is 2.44. The van der Waals surface area contributed by atoms with Gasteiger partial charge in [-0.3, -0.25) is 0 Å². The third kappa shape index (κ3) is 42.9. The molecule has 19 heteroatoms. The first-order valence-electron chi connectivity index (χ1n) is 8.56. The van der Waals surface area contributed by atoms with Gasteiger partial charge < -0.3 is 76.6 Å². The normalized spacial score (nSPS) is 6.49. The molecule has 6 rings (SSSR count). The van der Waals surface area contributed by atoms with Crippen LogP contribution < -0.4 is 24.8 Å². The zero-order valence-corrected chi connectivity index (χ0v) is 24.0. The summed E-state index contributed by atoms with van der Waals surface area (Å²) < 4.78 is 0. The van der Waals surface area contributed by atoms with Crippen LogP contribution in [-0.4, -0.2) is 81.7 Å². The van der Waals surface area contributed by atoms with E-state index in [0.29, 0.717) is 0 Å². The number of halogens is 2. The Hall–Kier alpha value is -3.70. The standard InChI is InChI=1S/6C3H4N2.2ClH.4H2O.Zn/c6*1-2-5-3-4-1;;;;;;;/h6*1-3H,(H,4,5);2*1H;4*1H2;/q;;;;;;;;;;;;+2/p-2. The van der Waals surface area contributed by atoms with E-state index in [2.05, 4.69) is 59.8 Å². The SMILES string of the molecule is O.O.O.O.[Cl-].[Cl-].[Zn+2].c1c[nH]cn1.c1c[nH]cn1.c1c[nH]cn1.c1c[nH]cn1.c1c[nH]cn1.c1c[nH]cn1. The number of aromatic nitrogens is 12. The number of nitrogens with zero attached hydrogens (tertiary/aromatic N) is 6. The van der Waals surface area contributed by atoms with Crippen LogP contribution >= 0.6 is 0 Å². The fourth-order valence-electron chi connectivity index (χ4n) is 1.29. The monoisotopic (exact) mass is 614 g/mol. The zero-order chi connectivity index (χ0) is 21.2. The van der Waals surface area contributed by atoms with E-state index in [4.69, 9.17) is 0 Å². The molecule has 0 aromatic carbocycles. The average molecular weight is 617 g/mol. The molecule has 6 aromatic heterocycles. The van der Waals surface area contributed by atoms with Gasteiger partial charge in [0.25, 0.3) is 0 Å². The van der Waals surface area contributed by atoms with Crippen molar-refractivity contribution in [3.63, 3.8) is 0 Å².